The van der Waals surface area contributed by atoms with Crippen molar-refractivity contribution in [1.29, 1.82) is 0 Å². The lowest BCUT2D eigenvalue weighted by molar-refractivity contribution is 0.679. The quantitative estimate of drug-likeness (QED) is 0.757. The molecule has 0 spiro atoms. The summed E-state index contributed by atoms with van der Waals surface area (Å²) >= 11 is 3.38. The second-order valence-electron chi connectivity index (χ2n) is 2.89. The lowest BCUT2D eigenvalue weighted by Gasteiger charge is -2.05. The van der Waals surface area contributed by atoms with Crippen molar-refractivity contribution in [3.05, 3.63) is 51.9 Å². The second kappa shape index (κ2) is 4.96. The lowest BCUT2D eigenvalue weighted by atomic mass is 10.2. The smallest absolute Gasteiger partial charge is 0.251 e. The number of allylic oxidation sites excluding steroid dienone is 1. The van der Waals surface area contributed by atoms with E-state index in [1.807, 2.05) is 0 Å². The highest BCUT2D eigenvalue weighted by Gasteiger charge is 2.00. The van der Waals surface area contributed by atoms with E-state index in [9.17, 15) is 4.79 Å². The maximum absolute atomic E-state index is 11.5. The Labute approximate surface area is 91.7 Å². The molecule has 0 unspecified atom stereocenters. The Balaban J connectivity index is 3.08. The maximum Gasteiger partial charge on any atom is 0.251 e. The molecule has 0 amide bonds. The van der Waals surface area contributed by atoms with Gasteiger partial charge >= 0.3 is 0 Å². The third-order valence-electron chi connectivity index (χ3n) is 1.90. The monoisotopic (exact) mass is 253 g/mol. The van der Waals surface area contributed by atoms with Crippen LogP contribution in [0.3, 0.4) is 0 Å². The van der Waals surface area contributed by atoms with Crippen molar-refractivity contribution in [3.8, 4) is 0 Å². The summed E-state index contributed by atoms with van der Waals surface area (Å²) in [6, 6.07) is 1.57. The van der Waals surface area contributed by atoms with Crippen molar-refractivity contribution in [2.45, 2.75) is 13.0 Å². The molecule has 0 aromatic carbocycles. The SMILES string of the molecule is C=CCCn1cc(Br)c(C=C)cc1=O. The summed E-state index contributed by atoms with van der Waals surface area (Å²) in [7, 11) is 0. The van der Waals surface area contributed by atoms with Gasteiger partial charge in [-0.3, -0.25) is 4.79 Å². The van der Waals surface area contributed by atoms with Gasteiger partial charge in [0.25, 0.3) is 5.56 Å². The average molecular weight is 254 g/mol. The van der Waals surface area contributed by atoms with Crippen LogP contribution < -0.4 is 5.56 Å². The molecule has 0 aliphatic heterocycles. The van der Waals surface area contributed by atoms with Crippen molar-refractivity contribution in [2.24, 2.45) is 0 Å². The highest BCUT2D eigenvalue weighted by atomic mass is 79.9. The third kappa shape index (κ3) is 2.45. The number of hydrogen-bond acceptors (Lipinski definition) is 1. The van der Waals surface area contributed by atoms with Crippen molar-refractivity contribution < 1.29 is 0 Å². The topological polar surface area (TPSA) is 22.0 Å². The van der Waals surface area contributed by atoms with Crippen LogP contribution in [0.4, 0.5) is 0 Å². The summed E-state index contributed by atoms with van der Waals surface area (Å²) in [4.78, 5) is 11.5. The molecule has 0 aliphatic carbocycles. The van der Waals surface area contributed by atoms with Gasteiger partial charge < -0.3 is 4.57 Å². The number of pyridine rings is 1. The Morgan fingerprint density at radius 1 is 1.50 bits per heavy atom. The zero-order chi connectivity index (χ0) is 10.6. The largest absolute Gasteiger partial charge is 0.314 e. The van der Waals surface area contributed by atoms with Crippen LogP contribution in [0.5, 0.6) is 0 Å². The fourth-order valence-electron chi connectivity index (χ4n) is 1.12. The van der Waals surface area contributed by atoms with Crippen molar-refractivity contribution in [3.63, 3.8) is 0 Å². The molecular weight excluding hydrogens is 242 g/mol. The molecule has 0 saturated heterocycles. The van der Waals surface area contributed by atoms with Gasteiger partial charge in [-0.05, 0) is 27.9 Å². The highest BCUT2D eigenvalue weighted by Crippen LogP contribution is 2.14. The van der Waals surface area contributed by atoms with Gasteiger partial charge in [0.05, 0.1) is 0 Å². The van der Waals surface area contributed by atoms with Crippen LogP contribution in [0.25, 0.3) is 6.08 Å². The number of halogens is 1. The summed E-state index contributed by atoms with van der Waals surface area (Å²) in [5.41, 5.74) is 0.815. The molecule has 1 rings (SSSR count). The third-order valence-corrected chi connectivity index (χ3v) is 2.56. The molecule has 1 heterocycles. The van der Waals surface area contributed by atoms with E-state index in [1.54, 1.807) is 29.0 Å². The van der Waals surface area contributed by atoms with E-state index in [-0.39, 0.29) is 5.56 Å². The fraction of sp³-hybridized carbons (Fsp3) is 0.182. The zero-order valence-corrected chi connectivity index (χ0v) is 9.46. The number of nitrogens with zero attached hydrogens (tertiary/aromatic N) is 1. The van der Waals surface area contributed by atoms with Gasteiger partial charge in [-0.1, -0.05) is 18.7 Å². The van der Waals surface area contributed by atoms with Gasteiger partial charge in [0.2, 0.25) is 0 Å². The number of hydrogen-bond donors (Lipinski definition) is 0. The molecular formula is C11H12BrNO. The van der Waals surface area contributed by atoms with E-state index >= 15 is 0 Å². The molecule has 0 radical (unpaired) electrons. The molecule has 74 valence electrons. The van der Waals surface area contributed by atoms with Crippen LogP contribution in [-0.4, -0.2) is 4.57 Å². The van der Waals surface area contributed by atoms with E-state index < -0.39 is 0 Å². The minimum atomic E-state index is -0.00931. The van der Waals surface area contributed by atoms with E-state index in [4.69, 9.17) is 0 Å². The second-order valence-corrected chi connectivity index (χ2v) is 3.74. The van der Waals surface area contributed by atoms with Crippen LogP contribution in [0.15, 0.2) is 40.8 Å². The van der Waals surface area contributed by atoms with Crippen LogP contribution in [0.1, 0.15) is 12.0 Å². The van der Waals surface area contributed by atoms with Gasteiger partial charge in [-0.15, -0.1) is 6.58 Å². The Morgan fingerprint density at radius 2 is 2.21 bits per heavy atom. The maximum atomic E-state index is 11.5. The van der Waals surface area contributed by atoms with E-state index in [1.165, 1.54) is 0 Å². The molecule has 0 saturated carbocycles. The minimum Gasteiger partial charge on any atom is -0.314 e. The molecule has 1 aromatic rings. The lowest BCUT2D eigenvalue weighted by Crippen LogP contribution is -2.18. The summed E-state index contributed by atoms with van der Waals surface area (Å²) in [5, 5.41) is 0. The Bertz CT molecular complexity index is 406. The summed E-state index contributed by atoms with van der Waals surface area (Å²) < 4.78 is 2.54. The standard InChI is InChI=1S/C11H12BrNO/c1-3-5-6-13-8-10(12)9(4-2)7-11(13)14/h3-4,7-8H,1-2,5-6H2. The molecule has 0 fully saturated rings. The van der Waals surface area contributed by atoms with Gasteiger partial charge in [0, 0.05) is 23.3 Å². The first-order valence-corrected chi connectivity index (χ1v) is 5.11. The first-order chi connectivity index (χ1) is 6.69. The van der Waals surface area contributed by atoms with E-state index in [0.29, 0.717) is 6.54 Å². The summed E-state index contributed by atoms with van der Waals surface area (Å²) in [5.74, 6) is 0. The van der Waals surface area contributed by atoms with Crippen molar-refractivity contribution >= 4 is 22.0 Å². The van der Waals surface area contributed by atoms with Gasteiger partial charge in [0.1, 0.15) is 0 Å². The fourth-order valence-corrected chi connectivity index (χ4v) is 1.64. The van der Waals surface area contributed by atoms with Crippen LogP contribution in [-0.2, 0) is 6.54 Å². The van der Waals surface area contributed by atoms with Gasteiger partial charge in [-0.25, -0.2) is 0 Å². The molecule has 1 aromatic heterocycles. The summed E-state index contributed by atoms with van der Waals surface area (Å²) in [6.07, 6.45) is 6.02. The normalized spacial score (nSPS) is 9.79. The van der Waals surface area contributed by atoms with Gasteiger partial charge in [-0.2, -0.15) is 0 Å². The van der Waals surface area contributed by atoms with Gasteiger partial charge in [0.15, 0.2) is 0 Å². The molecule has 3 heteroatoms. The predicted molar refractivity (Wildman–Crippen MR) is 63.3 cm³/mol. The average Bonchev–Trinajstić information content (AvgIpc) is 2.18. The Kier molecular flexibility index (Phi) is 3.89. The first kappa shape index (κ1) is 11.0. The van der Waals surface area contributed by atoms with Crippen LogP contribution in [0.2, 0.25) is 0 Å². The van der Waals surface area contributed by atoms with E-state index in [0.717, 1.165) is 16.5 Å². The van der Waals surface area contributed by atoms with Crippen LogP contribution in [0, 0.1) is 0 Å². The van der Waals surface area contributed by atoms with Crippen molar-refractivity contribution in [1.82, 2.24) is 4.57 Å². The first-order valence-electron chi connectivity index (χ1n) is 4.32. The Hall–Kier alpha value is -1.09. The zero-order valence-electron chi connectivity index (χ0n) is 7.87. The summed E-state index contributed by atoms with van der Waals surface area (Å²) in [6.45, 7) is 7.91. The van der Waals surface area contributed by atoms with E-state index in [2.05, 4.69) is 29.1 Å². The minimum absolute atomic E-state index is 0.00931. The Morgan fingerprint density at radius 3 is 2.79 bits per heavy atom. The molecule has 2 nitrogen and oxygen atoms in total. The van der Waals surface area contributed by atoms with Crippen LogP contribution >= 0.6 is 15.9 Å². The molecule has 0 N–H and O–H groups in total. The number of aryl methyl sites for hydroxylation is 1. The molecule has 0 atom stereocenters. The molecule has 0 bridgehead atoms. The highest BCUT2D eigenvalue weighted by molar-refractivity contribution is 9.10. The number of rotatable bonds is 4. The molecule has 14 heavy (non-hydrogen) atoms. The predicted octanol–water partition coefficient (Wildman–Crippen LogP) is 2.83. The molecule has 0 aliphatic rings. The van der Waals surface area contributed by atoms with Crippen molar-refractivity contribution in [2.75, 3.05) is 0 Å². The number of aromatic nitrogens is 1.